The molecule has 0 radical (unpaired) electrons. The number of likely N-dealkylation sites (N-methyl/N-ethyl adjacent to an activating group) is 1. The van der Waals surface area contributed by atoms with Gasteiger partial charge in [-0.1, -0.05) is 25.7 Å². The van der Waals surface area contributed by atoms with Crippen LogP contribution in [-0.4, -0.2) is 48.6 Å². The van der Waals surface area contributed by atoms with Gasteiger partial charge in [0.1, 0.15) is 6.61 Å². The van der Waals surface area contributed by atoms with Gasteiger partial charge in [0.05, 0.1) is 17.0 Å². The van der Waals surface area contributed by atoms with Crippen LogP contribution in [0.1, 0.15) is 29.1 Å². The second-order valence-electron chi connectivity index (χ2n) is 5.02. The summed E-state index contributed by atoms with van der Waals surface area (Å²) >= 11 is 1.34. The third-order valence-electron chi connectivity index (χ3n) is 2.57. The van der Waals surface area contributed by atoms with E-state index >= 15 is 0 Å². The molecule has 0 spiro atoms. The molecule has 1 heterocycles. The fourth-order valence-corrected chi connectivity index (χ4v) is 2.27. The van der Waals surface area contributed by atoms with Crippen LogP contribution >= 0.6 is 11.3 Å². The molecule has 0 bridgehead atoms. The van der Waals surface area contributed by atoms with E-state index in [1.807, 2.05) is 13.8 Å². The monoisotopic (exact) mass is 308 g/mol. The van der Waals surface area contributed by atoms with Crippen molar-refractivity contribution in [3.8, 4) is 11.8 Å². The highest BCUT2D eigenvalue weighted by atomic mass is 32.1. The Labute approximate surface area is 129 Å². The van der Waals surface area contributed by atoms with E-state index in [1.165, 1.54) is 16.2 Å². The van der Waals surface area contributed by atoms with Gasteiger partial charge in [0.15, 0.2) is 0 Å². The lowest BCUT2D eigenvalue weighted by Gasteiger charge is -2.16. The molecular formula is C15H20N2O3S. The van der Waals surface area contributed by atoms with Crippen LogP contribution in [0.4, 0.5) is 0 Å². The molecule has 1 aromatic rings. The maximum atomic E-state index is 12.2. The van der Waals surface area contributed by atoms with Gasteiger partial charge in [0.2, 0.25) is 5.91 Å². The number of aliphatic hydroxyl groups excluding tert-OH is 1. The molecule has 0 aliphatic carbocycles. The van der Waals surface area contributed by atoms with Crippen LogP contribution in [0.25, 0.3) is 0 Å². The minimum absolute atomic E-state index is 0.0268. The molecule has 1 aromatic heterocycles. The Kier molecular flexibility index (Phi) is 6.92. The van der Waals surface area contributed by atoms with Crippen molar-refractivity contribution in [2.24, 2.45) is 5.92 Å². The van der Waals surface area contributed by atoms with Crippen LogP contribution < -0.4 is 5.32 Å². The SMILES string of the molecule is CC(C)CNC(=O)CN(C)C(=O)c1csc(C#CCO)c1. The van der Waals surface area contributed by atoms with Crippen molar-refractivity contribution in [3.05, 3.63) is 21.9 Å². The predicted molar refractivity (Wildman–Crippen MR) is 83.1 cm³/mol. The Hall–Kier alpha value is -1.84. The summed E-state index contributed by atoms with van der Waals surface area (Å²) in [5.41, 5.74) is 0.501. The molecule has 1 rings (SSSR count). The zero-order valence-corrected chi connectivity index (χ0v) is 13.3. The highest BCUT2D eigenvalue weighted by Gasteiger charge is 2.16. The molecule has 0 saturated heterocycles. The number of carbonyl (C=O) groups excluding carboxylic acids is 2. The molecule has 5 nitrogen and oxygen atoms in total. The van der Waals surface area contributed by atoms with Crippen LogP contribution in [0.3, 0.4) is 0 Å². The molecule has 0 unspecified atom stereocenters. The second-order valence-corrected chi connectivity index (χ2v) is 5.93. The lowest BCUT2D eigenvalue weighted by molar-refractivity contribution is -0.121. The van der Waals surface area contributed by atoms with Crippen molar-refractivity contribution in [1.29, 1.82) is 0 Å². The summed E-state index contributed by atoms with van der Waals surface area (Å²) in [7, 11) is 1.59. The average Bonchev–Trinajstić information content (AvgIpc) is 2.90. The fraction of sp³-hybridized carbons (Fsp3) is 0.467. The van der Waals surface area contributed by atoms with Crippen molar-refractivity contribution in [3.63, 3.8) is 0 Å². The summed E-state index contributed by atoms with van der Waals surface area (Å²) in [5.74, 6) is 5.27. The van der Waals surface area contributed by atoms with Crippen LogP contribution in [0.2, 0.25) is 0 Å². The number of hydrogen-bond donors (Lipinski definition) is 2. The van der Waals surface area contributed by atoms with Gasteiger partial charge in [0, 0.05) is 19.0 Å². The topological polar surface area (TPSA) is 69.6 Å². The molecule has 21 heavy (non-hydrogen) atoms. The molecule has 0 saturated carbocycles. The number of rotatable bonds is 5. The molecular weight excluding hydrogens is 288 g/mol. The van der Waals surface area contributed by atoms with Gasteiger partial charge >= 0.3 is 0 Å². The van der Waals surface area contributed by atoms with E-state index in [4.69, 9.17) is 5.11 Å². The summed E-state index contributed by atoms with van der Waals surface area (Å²) in [6.45, 7) is 4.43. The Balaban J connectivity index is 2.57. The Morgan fingerprint density at radius 1 is 1.48 bits per heavy atom. The van der Waals surface area contributed by atoms with E-state index in [-0.39, 0.29) is 25.0 Å². The number of nitrogens with one attached hydrogen (secondary N) is 1. The van der Waals surface area contributed by atoms with E-state index in [1.54, 1.807) is 18.5 Å². The van der Waals surface area contributed by atoms with Gasteiger partial charge < -0.3 is 15.3 Å². The van der Waals surface area contributed by atoms with Crippen LogP contribution in [0.15, 0.2) is 11.4 Å². The van der Waals surface area contributed by atoms with Crippen LogP contribution in [0, 0.1) is 17.8 Å². The van der Waals surface area contributed by atoms with Crippen molar-refractivity contribution in [2.45, 2.75) is 13.8 Å². The van der Waals surface area contributed by atoms with Crippen molar-refractivity contribution in [1.82, 2.24) is 10.2 Å². The lowest BCUT2D eigenvalue weighted by atomic mass is 10.2. The molecule has 2 N–H and O–H groups in total. The summed E-state index contributed by atoms with van der Waals surface area (Å²) in [6, 6.07) is 1.66. The second kappa shape index (κ2) is 8.45. The summed E-state index contributed by atoms with van der Waals surface area (Å²) < 4.78 is 0. The first-order chi connectivity index (χ1) is 9.93. The van der Waals surface area contributed by atoms with Crippen molar-refractivity contribution < 1.29 is 14.7 Å². The van der Waals surface area contributed by atoms with Gasteiger partial charge in [-0.25, -0.2) is 0 Å². The molecule has 0 aliphatic heterocycles. The minimum Gasteiger partial charge on any atom is -0.384 e. The first-order valence-electron chi connectivity index (χ1n) is 6.64. The number of thiophene rings is 1. The lowest BCUT2D eigenvalue weighted by Crippen LogP contribution is -2.39. The fourth-order valence-electron chi connectivity index (χ4n) is 1.52. The summed E-state index contributed by atoms with van der Waals surface area (Å²) in [4.78, 5) is 25.9. The van der Waals surface area contributed by atoms with Crippen LogP contribution in [-0.2, 0) is 4.79 Å². The standard InChI is InChI=1S/C15H20N2O3S/c1-11(2)8-16-14(19)9-17(3)15(20)12-7-13(21-10-12)5-4-6-18/h7,10-11,18H,6,8-9H2,1-3H3,(H,16,19). The first kappa shape index (κ1) is 17.2. The normalized spacial score (nSPS) is 9.95. The van der Waals surface area contributed by atoms with Crippen molar-refractivity contribution in [2.75, 3.05) is 26.7 Å². The predicted octanol–water partition coefficient (Wildman–Crippen LogP) is 0.936. The number of amides is 2. The molecule has 2 amide bonds. The van der Waals surface area contributed by atoms with E-state index < -0.39 is 0 Å². The van der Waals surface area contributed by atoms with Gasteiger partial charge in [-0.15, -0.1) is 11.3 Å². The summed E-state index contributed by atoms with van der Waals surface area (Å²) in [6.07, 6.45) is 0. The first-order valence-corrected chi connectivity index (χ1v) is 7.52. The number of nitrogens with zero attached hydrogens (tertiary/aromatic N) is 1. The average molecular weight is 308 g/mol. The molecule has 6 heteroatoms. The Morgan fingerprint density at radius 3 is 2.81 bits per heavy atom. The number of carbonyl (C=O) groups is 2. The Morgan fingerprint density at radius 2 is 2.19 bits per heavy atom. The number of aliphatic hydroxyl groups is 1. The highest BCUT2D eigenvalue weighted by Crippen LogP contribution is 2.15. The molecule has 0 fully saturated rings. The third kappa shape index (κ3) is 5.98. The van der Waals surface area contributed by atoms with E-state index in [2.05, 4.69) is 17.2 Å². The molecule has 114 valence electrons. The zero-order chi connectivity index (χ0) is 15.8. The van der Waals surface area contributed by atoms with Gasteiger partial charge in [-0.2, -0.15) is 0 Å². The zero-order valence-electron chi connectivity index (χ0n) is 12.5. The van der Waals surface area contributed by atoms with E-state index in [0.717, 1.165) is 0 Å². The van der Waals surface area contributed by atoms with E-state index in [0.29, 0.717) is 22.9 Å². The summed E-state index contributed by atoms with van der Waals surface area (Å²) in [5, 5.41) is 13.1. The molecule has 0 atom stereocenters. The quantitative estimate of drug-likeness (QED) is 0.795. The largest absolute Gasteiger partial charge is 0.384 e. The van der Waals surface area contributed by atoms with E-state index in [9.17, 15) is 9.59 Å². The number of hydrogen-bond acceptors (Lipinski definition) is 4. The Bertz CT molecular complexity index is 555. The van der Waals surface area contributed by atoms with Gasteiger partial charge in [0.25, 0.3) is 5.91 Å². The van der Waals surface area contributed by atoms with Gasteiger partial charge in [-0.3, -0.25) is 9.59 Å². The maximum absolute atomic E-state index is 12.2. The molecule has 0 aliphatic rings. The smallest absolute Gasteiger partial charge is 0.254 e. The third-order valence-corrected chi connectivity index (χ3v) is 3.42. The van der Waals surface area contributed by atoms with Crippen molar-refractivity contribution >= 4 is 23.2 Å². The molecule has 0 aromatic carbocycles. The van der Waals surface area contributed by atoms with Gasteiger partial charge in [-0.05, 0) is 12.0 Å². The van der Waals surface area contributed by atoms with Crippen LogP contribution in [0.5, 0.6) is 0 Å². The maximum Gasteiger partial charge on any atom is 0.254 e. The minimum atomic E-state index is -0.219. The highest BCUT2D eigenvalue weighted by molar-refractivity contribution is 7.10.